The molecule has 2 nitrogen and oxygen atoms in total. The summed E-state index contributed by atoms with van der Waals surface area (Å²) in [6.07, 6.45) is 5.46. The number of aliphatic hydroxyl groups excluding tert-OH is 1. The van der Waals surface area contributed by atoms with E-state index in [0.29, 0.717) is 0 Å². The molecule has 1 heterocycles. The van der Waals surface area contributed by atoms with Gasteiger partial charge >= 0.3 is 0 Å². The lowest BCUT2D eigenvalue weighted by molar-refractivity contribution is -0.0247. The second kappa shape index (κ2) is 4.02. The Kier molecular flexibility index (Phi) is 2.62. The number of hydrogen-bond acceptors (Lipinski definition) is 2. The van der Waals surface area contributed by atoms with Crippen molar-refractivity contribution in [3.8, 4) is 5.75 Å². The first-order valence-corrected chi connectivity index (χ1v) is 6.62. The highest BCUT2D eigenvalue weighted by atomic mass is 16.5. The molecule has 1 N–H and O–H groups in total. The molecule has 2 aliphatic rings. The van der Waals surface area contributed by atoms with Crippen molar-refractivity contribution < 1.29 is 9.84 Å². The average Bonchev–Trinajstić information content (AvgIpc) is 2.24. The fraction of sp³-hybridized carbons (Fsp3) is 0.600. The predicted octanol–water partition coefficient (Wildman–Crippen LogP) is 3.45. The van der Waals surface area contributed by atoms with Gasteiger partial charge in [-0.1, -0.05) is 37.5 Å². The van der Waals surface area contributed by atoms with Gasteiger partial charge in [-0.25, -0.2) is 0 Å². The number of fused-ring (bicyclic) bond motifs is 1. The zero-order valence-corrected chi connectivity index (χ0v) is 10.4. The van der Waals surface area contributed by atoms with Crippen molar-refractivity contribution in [2.45, 2.75) is 50.7 Å². The molecule has 2 unspecified atom stereocenters. The molecule has 1 aromatic rings. The number of rotatable bonds is 2. The molecule has 1 aliphatic heterocycles. The van der Waals surface area contributed by atoms with Crippen molar-refractivity contribution in [1.29, 1.82) is 0 Å². The Labute approximate surface area is 103 Å². The van der Waals surface area contributed by atoms with Gasteiger partial charge in [0.25, 0.3) is 0 Å². The highest BCUT2D eigenvalue weighted by molar-refractivity contribution is 5.37. The third-order valence-electron chi connectivity index (χ3n) is 4.20. The van der Waals surface area contributed by atoms with Crippen molar-refractivity contribution in [1.82, 2.24) is 0 Å². The summed E-state index contributed by atoms with van der Waals surface area (Å²) in [6, 6.07) is 7.86. The number of para-hydroxylation sites is 1. The molecule has 92 valence electrons. The first-order chi connectivity index (χ1) is 8.16. The predicted molar refractivity (Wildman–Crippen MR) is 67.0 cm³/mol. The van der Waals surface area contributed by atoms with Gasteiger partial charge in [-0.2, -0.15) is 0 Å². The van der Waals surface area contributed by atoms with Gasteiger partial charge in [0, 0.05) is 12.0 Å². The zero-order chi connectivity index (χ0) is 11.9. The van der Waals surface area contributed by atoms with Crippen molar-refractivity contribution in [3.63, 3.8) is 0 Å². The van der Waals surface area contributed by atoms with Gasteiger partial charge in [-0.05, 0) is 25.3 Å². The largest absolute Gasteiger partial charge is 0.487 e. The van der Waals surface area contributed by atoms with Crippen LogP contribution in [-0.4, -0.2) is 10.7 Å². The maximum atomic E-state index is 10.2. The molecular weight excluding hydrogens is 212 g/mol. The molecule has 2 heteroatoms. The maximum absolute atomic E-state index is 10.2. The molecule has 1 saturated carbocycles. The number of hydrogen-bond donors (Lipinski definition) is 1. The van der Waals surface area contributed by atoms with E-state index in [-0.39, 0.29) is 11.7 Å². The van der Waals surface area contributed by atoms with Crippen molar-refractivity contribution in [3.05, 3.63) is 29.8 Å². The Bertz CT molecular complexity index is 411. The molecule has 1 fully saturated rings. The van der Waals surface area contributed by atoms with E-state index in [4.69, 9.17) is 4.74 Å². The Morgan fingerprint density at radius 3 is 2.82 bits per heavy atom. The standard InChI is InChI=1S/C15H20O2/c1-15(9-11-5-4-6-11)10-13(16)12-7-2-3-8-14(12)17-15/h2-3,7-8,11,13,16H,4-6,9-10H2,1H3. The van der Waals surface area contributed by atoms with Crippen LogP contribution in [0, 0.1) is 5.92 Å². The Hall–Kier alpha value is -1.02. The van der Waals surface area contributed by atoms with Crippen LogP contribution in [-0.2, 0) is 0 Å². The van der Waals surface area contributed by atoms with Gasteiger partial charge in [0.1, 0.15) is 11.4 Å². The van der Waals surface area contributed by atoms with Crippen LogP contribution in [0.1, 0.15) is 50.7 Å². The third kappa shape index (κ3) is 2.06. The molecule has 3 rings (SSSR count). The van der Waals surface area contributed by atoms with Crippen LogP contribution in [0.3, 0.4) is 0 Å². The highest BCUT2D eigenvalue weighted by Gasteiger charge is 2.39. The molecule has 0 amide bonds. The topological polar surface area (TPSA) is 29.5 Å². The maximum Gasteiger partial charge on any atom is 0.125 e. The van der Waals surface area contributed by atoms with Gasteiger partial charge < -0.3 is 9.84 Å². The molecule has 1 aliphatic carbocycles. The minimum atomic E-state index is -0.370. The van der Waals surface area contributed by atoms with Crippen molar-refractivity contribution in [2.75, 3.05) is 0 Å². The van der Waals surface area contributed by atoms with Crippen LogP contribution >= 0.6 is 0 Å². The second-order valence-electron chi connectivity index (χ2n) is 5.81. The van der Waals surface area contributed by atoms with Gasteiger partial charge in [-0.15, -0.1) is 0 Å². The summed E-state index contributed by atoms with van der Waals surface area (Å²) < 4.78 is 6.14. The van der Waals surface area contributed by atoms with Crippen LogP contribution in [0.5, 0.6) is 5.75 Å². The summed E-state index contributed by atoms with van der Waals surface area (Å²) in [4.78, 5) is 0. The highest BCUT2D eigenvalue weighted by Crippen LogP contribution is 2.44. The molecule has 0 radical (unpaired) electrons. The minimum Gasteiger partial charge on any atom is -0.487 e. The summed E-state index contributed by atoms with van der Waals surface area (Å²) in [6.45, 7) is 2.14. The van der Waals surface area contributed by atoms with E-state index in [9.17, 15) is 5.11 Å². The summed E-state index contributed by atoms with van der Waals surface area (Å²) in [5.74, 6) is 1.67. The van der Waals surface area contributed by atoms with Crippen LogP contribution in [0.4, 0.5) is 0 Å². The SMILES string of the molecule is CC1(CC2CCC2)CC(O)c2ccccc2O1. The Morgan fingerprint density at radius 2 is 2.12 bits per heavy atom. The van der Waals surface area contributed by atoms with E-state index in [1.54, 1.807) is 0 Å². The van der Waals surface area contributed by atoms with Gasteiger partial charge in [-0.3, -0.25) is 0 Å². The Morgan fingerprint density at radius 1 is 1.35 bits per heavy atom. The van der Waals surface area contributed by atoms with Crippen LogP contribution in [0.2, 0.25) is 0 Å². The normalized spacial score (nSPS) is 32.5. The van der Waals surface area contributed by atoms with E-state index in [2.05, 4.69) is 6.92 Å². The van der Waals surface area contributed by atoms with Gasteiger partial charge in [0.15, 0.2) is 0 Å². The number of ether oxygens (including phenoxy) is 1. The molecular formula is C15H20O2. The van der Waals surface area contributed by atoms with E-state index in [1.807, 2.05) is 24.3 Å². The summed E-state index contributed by atoms with van der Waals surface area (Å²) in [7, 11) is 0. The van der Waals surface area contributed by atoms with E-state index < -0.39 is 0 Å². The molecule has 0 bridgehead atoms. The second-order valence-corrected chi connectivity index (χ2v) is 5.81. The number of aliphatic hydroxyl groups is 1. The first kappa shape index (κ1) is 11.1. The summed E-state index contributed by atoms with van der Waals surface area (Å²) in [5.41, 5.74) is 0.761. The quantitative estimate of drug-likeness (QED) is 0.846. The minimum absolute atomic E-state index is 0.182. The van der Waals surface area contributed by atoms with Crippen LogP contribution in [0.25, 0.3) is 0 Å². The van der Waals surface area contributed by atoms with E-state index in [1.165, 1.54) is 19.3 Å². The van der Waals surface area contributed by atoms with E-state index >= 15 is 0 Å². The van der Waals surface area contributed by atoms with Crippen molar-refractivity contribution in [2.24, 2.45) is 5.92 Å². The van der Waals surface area contributed by atoms with Crippen molar-refractivity contribution >= 4 is 0 Å². The lowest BCUT2D eigenvalue weighted by atomic mass is 9.75. The summed E-state index contributed by atoms with van der Waals surface area (Å²) >= 11 is 0. The molecule has 0 aromatic heterocycles. The lowest BCUT2D eigenvalue weighted by Crippen LogP contribution is -2.41. The first-order valence-electron chi connectivity index (χ1n) is 6.62. The molecule has 17 heavy (non-hydrogen) atoms. The van der Waals surface area contributed by atoms with Crippen LogP contribution in [0.15, 0.2) is 24.3 Å². The molecule has 1 aromatic carbocycles. The van der Waals surface area contributed by atoms with Gasteiger partial charge in [0.2, 0.25) is 0 Å². The fourth-order valence-corrected chi connectivity index (χ4v) is 3.11. The molecule has 0 spiro atoms. The monoisotopic (exact) mass is 232 g/mol. The third-order valence-corrected chi connectivity index (χ3v) is 4.20. The fourth-order valence-electron chi connectivity index (χ4n) is 3.11. The average molecular weight is 232 g/mol. The molecule has 0 saturated heterocycles. The van der Waals surface area contributed by atoms with E-state index in [0.717, 1.165) is 30.1 Å². The summed E-state index contributed by atoms with van der Waals surface area (Å²) in [5, 5.41) is 10.2. The molecule has 2 atom stereocenters. The van der Waals surface area contributed by atoms with Crippen LogP contribution < -0.4 is 4.74 Å². The Balaban J connectivity index is 1.81. The van der Waals surface area contributed by atoms with Gasteiger partial charge in [0.05, 0.1) is 6.10 Å². The zero-order valence-electron chi connectivity index (χ0n) is 10.4. The number of benzene rings is 1. The smallest absolute Gasteiger partial charge is 0.125 e. The lowest BCUT2D eigenvalue weighted by Gasteiger charge is -2.42.